The highest BCUT2D eigenvalue weighted by molar-refractivity contribution is 7.99. The quantitative estimate of drug-likeness (QED) is 0.661. The maximum absolute atomic E-state index is 12.0. The molecule has 0 aromatic rings. The zero-order valence-electron chi connectivity index (χ0n) is 10.6. The van der Waals surface area contributed by atoms with Crippen molar-refractivity contribution >= 4 is 23.6 Å². The molecule has 0 aromatic carbocycles. The molecule has 104 valence electrons. The van der Waals surface area contributed by atoms with Crippen LogP contribution in [0.3, 0.4) is 0 Å². The molecule has 0 saturated carbocycles. The van der Waals surface area contributed by atoms with Crippen LogP contribution >= 0.6 is 11.8 Å². The molecule has 0 bridgehead atoms. The van der Waals surface area contributed by atoms with Crippen LogP contribution in [0.1, 0.15) is 6.42 Å². The fraction of sp³-hybridized carbons (Fsp3) is 0.818. The molecule has 1 aliphatic heterocycles. The Hall–Kier alpha value is -0.790. The van der Waals surface area contributed by atoms with Crippen LogP contribution in [-0.4, -0.2) is 72.8 Å². The van der Waals surface area contributed by atoms with E-state index in [9.17, 15) is 9.59 Å². The third kappa shape index (κ3) is 5.70. The van der Waals surface area contributed by atoms with E-state index >= 15 is 0 Å². The summed E-state index contributed by atoms with van der Waals surface area (Å²) in [4.78, 5) is 24.1. The van der Waals surface area contributed by atoms with Crippen molar-refractivity contribution in [3.8, 4) is 0 Å². The Morgan fingerprint density at radius 3 is 2.89 bits per heavy atom. The Morgan fingerprint density at radius 2 is 2.33 bits per heavy atom. The van der Waals surface area contributed by atoms with E-state index in [1.165, 1.54) is 12.0 Å². The Kier molecular flexibility index (Phi) is 7.07. The maximum Gasteiger partial charge on any atom is 0.323 e. The number of carboxylic acids is 1. The highest BCUT2D eigenvalue weighted by Crippen LogP contribution is 2.11. The van der Waals surface area contributed by atoms with Crippen molar-refractivity contribution in [2.45, 2.75) is 12.5 Å². The first-order valence-electron chi connectivity index (χ1n) is 5.93. The molecule has 0 radical (unpaired) electrons. The number of methoxy groups -OCH3 is 1. The van der Waals surface area contributed by atoms with Gasteiger partial charge in [-0.2, -0.15) is 11.8 Å². The minimum absolute atomic E-state index is 0.130. The van der Waals surface area contributed by atoms with Crippen LogP contribution in [0.5, 0.6) is 0 Å². The van der Waals surface area contributed by atoms with Crippen molar-refractivity contribution in [2.24, 2.45) is 0 Å². The zero-order valence-corrected chi connectivity index (χ0v) is 11.4. The van der Waals surface area contributed by atoms with Crippen molar-refractivity contribution in [1.82, 2.24) is 10.2 Å². The van der Waals surface area contributed by atoms with Gasteiger partial charge in [-0.15, -0.1) is 0 Å². The summed E-state index contributed by atoms with van der Waals surface area (Å²) in [7, 11) is 1.53. The minimum atomic E-state index is -0.995. The Bertz CT molecular complexity index is 282. The summed E-state index contributed by atoms with van der Waals surface area (Å²) >= 11 is 1.81. The number of carbonyl (C=O) groups excluding carboxylic acids is 1. The van der Waals surface area contributed by atoms with E-state index in [1.54, 1.807) is 0 Å². The van der Waals surface area contributed by atoms with Crippen LogP contribution in [0.4, 0.5) is 0 Å². The molecule has 0 aromatic heterocycles. The number of rotatable bonds is 7. The molecular formula is C11H20N2O4S. The average Bonchev–Trinajstić information content (AvgIpc) is 2.35. The second-order valence-corrected chi connectivity index (χ2v) is 5.28. The molecule has 1 aliphatic rings. The van der Waals surface area contributed by atoms with Crippen LogP contribution < -0.4 is 5.32 Å². The van der Waals surface area contributed by atoms with Crippen LogP contribution in [0.15, 0.2) is 0 Å². The molecule has 2 N–H and O–H groups in total. The second kappa shape index (κ2) is 8.34. The van der Waals surface area contributed by atoms with Gasteiger partial charge in [-0.3, -0.25) is 9.59 Å². The van der Waals surface area contributed by atoms with Crippen LogP contribution in [0.25, 0.3) is 0 Å². The highest BCUT2D eigenvalue weighted by Gasteiger charge is 2.22. The summed E-state index contributed by atoms with van der Waals surface area (Å²) in [5.41, 5.74) is 0. The van der Waals surface area contributed by atoms with Crippen molar-refractivity contribution in [2.75, 3.05) is 44.9 Å². The van der Waals surface area contributed by atoms with Gasteiger partial charge < -0.3 is 20.1 Å². The number of hydrogen-bond donors (Lipinski definition) is 2. The van der Waals surface area contributed by atoms with Crippen molar-refractivity contribution in [1.29, 1.82) is 0 Å². The molecule has 1 atom stereocenters. The predicted octanol–water partition coefficient (Wildman–Crippen LogP) is -0.359. The molecule has 1 saturated heterocycles. The topological polar surface area (TPSA) is 78.9 Å². The maximum atomic E-state index is 12.0. The number of thioether (sulfide) groups is 1. The van der Waals surface area contributed by atoms with Gasteiger partial charge in [0.15, 0.2) is 0 Å². The summed E-state index contributed by atoms with van der Waals surface area (Å²) in [6.45, 7) is 1.31. The van der Waals surface area contributed by atoms with Gasteiger partial charge in [-0.1, -0.05) is 0 Å². The minimum Gasteiger partial charge on any atom is -0.480 e. The molecule has 1 amide bonds. The molecule has 1 rings (SSSR count). The van der Waals surface area contributed by atoms with Crippen molar-refractivity contribution in [3.63, 3.8) is 0 Å². The van der Waals surface area contributed by atoms with Gasteiger partial charge in [-0.25, -0.2) is 0 Å². The van der Waals surface area contributed by atoms with Gasteiger partial charge in [0.25, 0.3) is 0 Å². The third-order valence-corrected chi connectivity index (χ3v) is 3.79. The van der Waals surface area contributed by atoms with E-state index < -0.39 is 5.97 Å². The van der Waals surface area contributed by atoms with E-state index in [1.807, 2.05) is 11.8 Å². The molecule has 0 spiro atoms. The Morgan fingerprint density at radius 1 is 1.56 bits per heavy atom. The number of carbonyl (C=O) groups is 2. The van der Waals surface area contributed by atoms with Gasteiger partial charge in [-0.05, 0) is 0 Å². The Labute approximate surface area is 111 Å². The molecule has 1 fully saturated rings. The van der Waals surface area contributed by atoms with Gasteiger partial charge in [0, 0.05) is 44.2 Å². The summed E-state index contributed by atoms with van der Waals surface area (Å²) in [6.07, 6.45) is 0.351. The monoisotopic (exact) mass is 276 g/mol. The molecule has 7 heteroatoms. The fourth-order valence-electron chi connectivity index (χ4n) is 1.75. The lowest BCUT2D eigenvalue weighted by molar-refractivity contribution is -0.145. The lowest BCUT2D eigenvalue weighted by Crippen LogP contribution is -2.44. The largest absolute Gasteiger partial charge is 0.480 e. The molecular weight excluding hydrogens is 256 g/mol. The second-order valence-electron chi connectivity index (χ2n) is 4.13. The van der Waals surface area contributed by atoms with Crippen LogP contribution in [0, 0.1) is 0 Å². The number of amides is 1. The van der Waals surface area contributed by atoms with E-state index in [-0.39, 0.29) is 18.5 Å². The number of hydrogen-bond acceptors (Lipinski definition) is 5. The van der Waals surface area contributed by atoms with Crippen molar-refractivity contribution < 1.29 is 19.4 Å². The number of aliphatic carboxylic acids is 1. The predicted molar refractivity (Wildman–Crippen MR) is 69.8 cm³/mol. The summed E-state index contributed by atoms with van der Waals surface area (Å²) in [5, 5.41) is 12.1. The Balaban J connectivity index is 2.43. The number of carboxylic acid groups (broad SMARTS) is 1. The first-order valence-corrected chi connectivity index (χ1v) is 7.08. The summed E-state index contributed by atoms with van der Waals surface area (Å²) < 4.78 is 4.89. The summed E-state index contributed by atoms with van der Waals surface area (Å²) in [6, 6.07) is 0.148. The number of ether oxygens (including phenoxy) is 1. The SMILES string of the molecule is COCCN(CC(=O)O)C(=O)CC1CSCCN1. The average molecular weight is 276 g/mol. The standard InChI is InChI=1S/C11H20N2O4S/c1-17-4-3-13(7-11(15)16)10(14)6-9-8-18-5-2-12-9/h9,12H,2-8H2,1H3,(H,15,16). The lowest BCUT2D eigenvalue weighted by atomic mass is 10.2. The van der Waals surface area contributed by atoms with E-state index in [0.717, 1.165) is 18.1 Å². The van der Waals surface area contributed by atoms with E-state index in [0.29, 0.717) is 19.6 Å². The first-order chi connectivity index (χ1) is 8.63. The number of nitrogens with zero attached hydrogens (tertiary/aromatic N) is 1. The molecule has 0 aliphatic carbocycles. The highest BCUT2D eigenvalue weighted by atomic mass is 32.2. The fourth-order valence-corrected chi connectivity index (χ4v) is 2.70. The molecule has 1 heterocycles. The molecule has 18 heavy (non-hydrogen) atoms. The van der Waals surface area contributed by atoms with E-state index in [4.69, 9.17) is 9.84 Å². The van der Waals surface area contributed by atoms with Gasteiger partial charge >= 0.3 is 5.97 Å². The normalized spacial score (nSPS) is 19.5. The van der Waals surface area contributed by atoms with Crippen LogP contribution in [-0.2, 0) is 14.3 Å². The van der Waals surface area contributed by atoms with Gasteiger partial charge in [0.2, 0.25) is 5.91 Å². The molecule has 6 nitrogen and oxygen atoms in total. The van der Waals surface area contributed by atoms with Gasteiger partial charge in [0.05, 0.1) is 6.61 Å². The first kappa shape index (κ1) is 15.3. The van der Waals surface area contributed by atoms with E-state index in [2.05, 4.69) is 5.32 Å². The zero-order chi connectivity index (χ0) is 13.4. The van der Waals surface area contributed by atoms with Crippen LogP contribution in [0.2, 0.25) is 0 Å². The van der Waals surface area contributed by atoms with Crippen molar-refractivity contribution in [3.05, 3.63) is 0 Å². The lowest BCUT2D eigenvalue weighted by Gasteiger charge is -2.26. The van der Waals surface area contributed by atoms with Gasteiger partial charge in [0.1, 0.15) is 6.54 Å². The summed E-state index contributed by atoms with van der Waals surface area (Å²) in [5.74, 6) is 0.837. The third-order valence-electron chi connectivity index (χ3n) is 2.66. The smallest absolute Gasteiger partial charge is 0.323 e. The number of nitrogens with one attached hydrogen (secondary N) is 1. The molecule has 1 unspecified atom stereocenters.